The van der Waals surface area contributed by atoms with Crippen molar-refractivity contribution in [3.05, 3.63) is 181 Å². The van der Waals surface area contributed by atoms with Gasteiger partial charge in [-0.2, -0.15) is 0 Å². The fourth-order valence-corrected chi connectivity index (χ4v) is 7.77. The molecule has 0 aliphatic rings. The topological polar surface area (TPSA) is 9.86 Å². The molecule has 2 nitrogen and oxygen atoms in total. The number of nitrogens with zero attached hydrogens (tertiary/aromatic N) is 2. The van der Waals surface area contributed by atoms with E-state index in [1.54, 1.807) is 0 Å². The van der Waals surface area contributed by atoms with Crippen LogP contribution >= 0.6 is 0 Å². The van der Waals surface area contributed by atoms with Gasteiger partial charge in [-0.1, -0.05) is 115 Å². The number of aryl methyl sites for hydroxylation is 1. The van der Waals surface area contributed by atoms with Gasteiger partial charge in [0, 0.05) is 32.9 Å². The predicted molar refractivity (Wildman–Crippen MR) is 208 cm³/mol. The summed E-state index contributed by atoms with van der Waals surface area (Å²) in [5.74, 6) is 0. The van der Waals surface area contributed by atoms with Gasteiger partial charge in [0.15, 0.2) is 0 Å². The van der Waals surface area contributed by atoms with Crippen LogP contribution in [0.4, 0.5) is 0 Å². The van der Waals surface area contributed by atoms with Gasteiger partial charge in [0.25, 0.3) is 0 Å². The zero-order valence-electron chi connectivity index (χ0n) is 27.1. The van der Waals surface area contributed by atoms with Crippen molar-refractivity contribution in [1.82, 2.24) is 9.13 Å². The minimum absolute atomic E-state index is 1.16. The Hall–Kier alpha value is -6.38. The predicted octanol–water partition coefficient (Wildman–Crippen LogP) is 12.7. The molecule has 8 aromatic carbocycles. The highest BCUT2D eigenvalue weighted by Gasteiger charge is 2.15. The summed E-state index contributed by atoms with van der Waals surface area (Å²) in [6, 6.07) is 64.4. The number of para-hydroxylation sites is 2. The Kier molecular flexibility index (Phi) is 6.13. The summed E-state index contributed by atoms with van der Waals surface area (Å²) in [5, 5.41) is 7.63. The van der Waals surface area contributed by atoms with E-state index in [2.05, 4.69) is 192 Å². The molecule has 0 bridgehead atoms. The molecule has 0 aliphatic heterocycles. The number of aromatic nitrogens is 2. The summed E-state index contributed by atoms with van der Waals surface area (Å²) in [6.45, 7) is 2.16. The molecule has 230 valence electrons. The van der Waals surface area contributed by atoms with Gasteiger partial charge in [-0.15, -0.1) is 0 Å². The van der Waals surface area contributed by atoms with E-state index in [1.165, 1.54) is 87.9 Å². The van der Waals surface area contributed by atoms with Gasteiger partial charge >= 0.3 is 0 Å². The second-order valence-electron chi connectivity index (χ2n) is 13.1. The largest absolute Gasteiger partial charge is 0.309 e. The first kappa shape index (κ1) is 27.7. The molecule has 0 saturated carbocycles. The molecule has 2 aromatic heterocycles. The maximum Gasteiger partial charge on any atom is 0.0541 e. The van der Waals surface area contributed by atoms with E-state index in [0.29, 0.717) is 0 Å². The van der Waals surface area contributed by atoms with Gasteiger partial charge in [0.05, 0.1) is 22.1 Å². The minimum atomic E-state index is 1.16. The van der Waals surface area contributed by atoms with Crippen LogP contribution in [0.2, 0.25) is 0 Å². The van der Waals surface area contributed by atoms with Gasteiger partial charge in [0.2, 0.25) is 0 Å². The summed E-state index contributed by atoms with van der Waals surface area (Å²) in [4.78, 5) is 0. The van der Waals surface area contributed by atoms with E-state index in [9.17, 15) is 0 Å². The van der Waals surface area contributed by atoms with Crippen LogP contribution in [-0.2, 0) is 0 Å². The lowest BCUT2D eigenvalue weighted by molar-refractivity contribution is 1.18. The monoisotopic (exact) mass is 624 g/mol. The first-order valence-corrected chi connectivity index (χ1v) is 16.9. The molecule has 0 aliphatic carbocycles. The van der Waals surface area contributed by atoms with Crippen molar-refractivity contribution in [2.75, 3.05) is 0 Å². The Balaban J connectivity index is 1.04. The zero-order valence-corrected chi connectivity index (χ0v) is 27.1. The maximum atomic E-state index is 2.39. The van der Waals surface area contributed by atoms with Crippen LogP contribution in [0.25, 0.3) is 88.0 Å². The first-order valence-electron chi connectivity index (χ1n) is 16.9. The SMILES string of the molecule is Cc1ccc2c(c1)c1ccccc1n2-c1ccc(-c2ccc3c(c2)c2ccccc2n3-c2ccc(-c3ccc4ccccc4c3)cc2)cc1. The Bertz CT molecular complexity index is 2870. The summed E-state index contributed by atoms with van der Waals surface area (Å²) in [7, 11) is 0. The van der Waals surface area contributed by atoms with Crippen LogP contribution in [0.3, 0.4) is 0 Å². The van der Waals surface area contributed by atoms with E-state index >= 15 is 0 Å². The van der Waals surface area contributed by atoms with Gasteiger partial charge in [-0.3, -0.25) is 0 Å². The summed E-state index contributed by atoms with van der Waals surface area (Å²) in [6.07, 6.45) is 0. The number of hydrogen-bond acceptors (Lipinski definition) is 0. The fraction of sp³-hybridized carbons (Fsp3) is 0.0213. The van der Waals surface area contributed by atoms with Crippen LogP contribution < -0.4 is 0 Å². The second kappa shape index (κ2) is 10.8. The quantitative estimate of drug-likeness (QED) is 0.184. The number of hydrogen-bond donors (Lipinski definition) is 0. The van der Waals surface area contributed by atoms with Crippen LogP contribution in [0.5, 0.6) is 0 Å². The molecule has 0 amide bonds. The molecule has 0 unspecified atom stereocenters. The van der Waals surface area contributed by atoms with Gasteiger partial charge in [-0.05, 0) is 107 Å². The van der Waals surface area contributed by atoms with Crippen molar-refractivity contribution in [3.63, 3.8) is 0 Å². The lowest BCUT2D eigenvalue weighted by atomic mass is 10.0. The molecular formula is C47H32N2. The highest BCUT2D eigenvalue weighted by Crippen LogP contribution is 2.37. The lowest BCUT2D eigenvalue weighted by Crippen LogP contribution is -1.94. The van der Waals surface area contributed by atoms with E-state index in [4.69, 9.17) is 0 Å². The van der Waals surface area contributed by atoms with Crippen molar-refractivity contribution in [1.29, 1.82) is 0 Å². The smallest absolute Gasteiger partial charge is 0.0541 e. The Labute approximate surface area is 284 Å². The van der Waals surface area contributed by atoms with E-state index in [1.807, 2.05) is 0 Å². The number of rotatable bonds is 4. The van der Waals surface area contributed by atoms with Crippen molar-refractivity contribution in [2.24, 2.45) is 0 Å². The highest BCUT2D eigenvalue weighted by atomic mass is 15.0. The van der Waals surface area contributed by atoms with Crippen LogP contribution in [0.1, 0.15) is 5.56 Å². The molecule has 0 saturated heterocycles. The standard InChI is InChI=1S/C47H32N2/c1-31-14-26-46-42(28-31)40-10-4-6-12-44(40)48(46)38-24-19-34(20-25-38)37-21-27-47-43(30-37)41-11-5-7-13-45(41)49(47)39-22-17-33(18-23-39)36-16-15-32-8-2-3-9-35(32)29-36/h2-30H,1H3. The minimum Gasteiger partial charge on any atom is -0.309 e. The third kappa shape index (κ3) is 4.42. The fourth-order valence-electron chi connectivity index (χ4n) is 7.77. The molecule has 49 heavy (non-hydrogen) atoms. The molecule has 0 radical (unpaired) electrons. The molecular weight excluding hydrogens is 593 g/mol. The Morgan fingerprint density at radius 2 is 0.755 bits per heavy atom. The summed E-state index contributed by atoms with van der Waals surface area (Å²) >= 11 is 0. The second-order valence-corrected chi connectivity index (χ2v) is 13.1. The van der Waals surface area contributed by atoms with Crippen molar-refractivity contribution in [3.8, 4) is 33.6 Å². The third-order valence-electron chi connectivity index (χ3n) is 10.2. The molecule has 10 rings (SSSR count). The average Bonchev–Trinajstić information content (AvgIpc) is 3.67. The number of benzene rings is 8. The summed E-state index contributed by atoms with van der Waals surface area (Å²) in [5.41, 5.74) is 13.4. The van der Waals surface area contributed by atoms with Gasteiger partial charge in [0.1, 0.15) is 0 Å². The normalized spacial score (nSPS) is 11.8. The van der Waals surface area contributed by atoms with Gasteiger partial charge in [-0.25, -0.2) is 0 Å². The van der Waals surface area contributed by atoms with Crippen LogP contribution in [0.15, 0.2) is 176 Å². The Morgan fingerprint density at radius 1 is 0.306 bits per heavy atom. The van der Waals surface area contributed by atoms with E-state index in [0.717, 1.165) is 5.69 Å². The average molecular weight is 625 g/mol. The molecule has 0 fully saturated rings. The van der Waals surface area contributed by atoms with E-state index < -0.39 is 0 Å². The summed E-state index contributed by atoms with van der Waals surface area (Å²) < 4.78 is 4.78. The zero-order chi connectivity index (χ0) is 32.5. The third-order valence-corrected chi connectivity index (χ3v) is 10.2. The van der Waals surface area contributed by atoms with E-state index in [-0.39, 0.29) is 0 Å². The molecule has 0 atom stereocenters. The Morgan fingerprint density at radius 3 is 1.39 bits per heavy atom. The molecule has 2 heterocycles. The highest BCUT2D eigenvalue weighted by molar-refractivity contribution is 6.11. The molecule has 10 aromatic rings. The van der Waals surface area contributed by atoms with Crippen molar-refractivity contribution in [2.45, 2.75) is 6.92 Å². The number of fused-ring (bicyclic) bond motifs is 7. The van der Waals surface area contributed by atoms with Crippen molar-refractivity contribution >= 4 is 54.4 Å². The van der Waals surface area contributed by atoms with Gasteiger partial charge < -0.3 is 9.13 Å². The molecule has 0 spiro atoms. The molecule has 2 heteroatoms. The van der Waals surface area contributed by atoms with Crippen LogP contribution in [0, 0.1) is 6.92 Å². The first-order chi connectivity index (χ1) is 24.2. The van der Waals surface area contributed by atoms with Crippen LogP contribution in [-0.4, -0.2) is 9.13 Å². The molecule has 0 N–H and O–H groups in total. The maximum absolute atomic E-state index is 2.39. The van der Waals surface area contributed by atoms with Crippen molar-refractivity contribution < 1.29 is 0 Å². The lowest BCUT2D eigenvalue weighted by Gasteiger charge is -2.11.